The van der Waals surface area contributed by atoms with Crippen LogP contribution in [0.1, 0.15) is 36.2 Å². The van der Waals surface area contributed by atoms with Gasteiger partial charge in [-0.2, -0.15) is 0 Å². The van der Waals surface area contributed by atoms with E-state index in [0.717, 1.165) is 37.1 Å². The molecule has 0 spiro atoms. The fraction of sp³-hybridized carbons (Fsp3) is 0.444. The molecule has 4 nitrogen and oxygen atoms in total. The quantitative estimate of drug-likeness (QED) is 0.934. The van der Waals surface area contributed by atoms with E-state index < -0.39 is 0 Å². The molecule has 0 unspecified atom stereocenters. The summed E-state index contributed by atoms with van der Waals surface area (Å²) in [5.74, 6) is 2.80. The lowest BCUT2D eigenvalue weighted by Crippen LogP contribution is -2.30. The van der Waals surface area contributed by atoms with Gasteiger partial charge in [0.2, 0.25) is 0 Å². The largest absolute Gasteiger partial charge is 0.366 e. The number of anilines is 2. The van der Waals surface area contributed by atoms with Gasteiger partial charge in [-0.3, -0.25) is 0 Å². The first-order chi connectivity index (χ1) is 10.7. The molecule has 1 aromatic carbocycles. The van der Waals surface area contributed by atoms with Crippen LogP contribution in [0.25, 0.3) is 0 Å². The number of rotatable bonds is 4. The van der Waals surface area contributed by atoms with Crippen LogP contribution in [0, 0.1) is 13.8 Å². The first kappa shape index (κ1) is 14.8. The molecule has 2 aromatic rings. The number of hydrogen-bond acceptors (Lipinski definition) is 4. The first-order valence-corrected chi connectivity index (χ1v) is 8.11. The smallest absolute Gasteiger partial charge is 0.134 e. The molecule has 1 N–H and O–H groups in total. The van der Waals surface area contributed by atoms with E-state index in [9.17, 15) is 0 Å². The Morgan fingerprint density at radius 3 is 2.59 bits per heavy atom. The van der Waals surface area contributed by atoms with Crippen LogP contribution in [0.2, 0.25) is 0 Å². The van der Waals surface area contributed by atoms with Gasteiger partial charge in [-0.05, 0) is 44.2 Å². The molecule has 1 saturated heterocycles. The van der Waals surface area contributed by atoms with E-state index in [1.165, 1.54) is 30.4 Å². The summed E-state index contributed by atoms with van der Waals surface area (Å²) in [6.45, 7) is 7.11. The summed E-state index contributed by atoms with van der Waals surface area (Å²) in [4.78, 5) is 11.5. The monoisotopic (exact) mass is 296 g/mol. The summed E-state index contributed by atoms with van der Waals surface area (Å²) in [6, 6.07) is 10.5. The van der Waals surface area contributed by atoms with E-state index in [1.807, 2.05) is 6.92 Å². The highest BCUT2D eigenvalue weighted by molar-refractivity contribution is 5.50. The van der Waals surface area contributed by atoms with E-state index in [0.29, 0.717) is 0 Å². The third kappa shape index (κ3) is 3.56. The van der Waals surface area contributed by atoms with Crippen LogP contribution >= 0.6 is 0 Å². The molecule has 1 aliphatic rings. The van der Waals surface area contributed by atoms with Crippen LogP contribution in [0.5, 0.6) is 0 Å². The molecule has 116 valence electrons. The number of aromatic nitrogens is 2. The van der Waals surface area contributed by atoms with Crippen molar-refractivity contribution in [3.8, 4) is 0 Å². The Hall–Kier alpha value is -2.10. The molecule has 1 fully saturated rings. The van der Waals surface area contributed by atoms with Crippen molar-refractivity contribution < 1.29 is 0 Å². The fourth-order valence-corrected chi connectivity index (χ4v) is 2.92. The van der Waals surface area contributed by atoms with E-state index in [1.54, 1.807) is 0 Å². The van der Waals surface area contributed by atoms with E-state index in [4.69, 9.17) is 0 Å². The lowest BCUT2D eigenvalue weighted by molar-refractivity contribution is 0.572. The Balaban J connectivity index is 1.73. The molecule has 0 amide bonds. The van der Waals surface area contributed by atoms with Crippen LogP contribution in [-0.2, 0) is 6.54 Å². The van der Waals surface area contributed by atoms with Gasteiger partial charge in [0.25, 0.3) is 0 Å². The standard InChI is InChI=1S/C18H24N4/c1-14-8-4-5-9-16(14)13-19-17-12-18(21-15(2)20-17)22-10-6-3-7-11-22/h4-5,8-9,12H,3,6-7,10-11,13H2,1-2H3,(H,19,20,21). The minimum absolute atomic E-state index is 0.794. The first-order valence-electron chi connectivity index (χ1n) is 8.11. The predicted octanol–water partition coefficient (Wildman–Crippen LogP) is 3.70. The third-order valence-electron chi connectivity index (χ3n) is 4.23. The van der Waals surface area contributed by atoms with Crippen molar-refractivity contribution in [2.24, 2.45) is 0 Å². The van der Waals surface area contributed by atoms with Crippen molar-refractivity contribution in [1.29, 1.82) is 0 Å². The molecule has 0 atom stereocenters. The average Bonchev–Trinajstić information content (AvgIpc) is 2.54. The molecule has 22 heavy (non-hydrogen) atoms. The second kappa shape index (κ2) is 6.77. The van der Waals surface area contributed by atoms with Gasteiger partial charge in [0.05, 0.1) is 0 Å². The van der Waals surface area contributed by atoms with Crippen molar-refractivity contribution in [2.45, 2.75) is 39.7 Å². The van der Waals surface area contributed by atoms with Gasteiger partial charge >= 0.3 is 0 Å². The maximum atomic E-state index is 4.60. The Kier molecular flexibility index (Phi) is 4.56. The van der Waals surface area contributed by atoms with E-state index >= 15 is 0 Å². The van der Waals surface area contributed by atoms with Crippen LogP contribution in [0.4, 0.5) is 11.6 Å². The summed E-state index contributed by atoms with van der Waals surface area (Å²) < 4.78 is 0. The molecule has 1 aromatic heterocycles. The molecule has 1 aliphatic heterocycles. The number of piperidine rings is 1. The van der Waals surface area contributed by atoms with Gasteiger partial charge in [0, 0.05) is 25.7 Å². The van der Waals surface area contributed by atoms with E-state index in [-0.39, 0.29) is 0 Å². The van der Waals surface area contributed by atoms with Gasteiger partial charge in [-0.15, -0.1) is 0 Å². The molecular formula is C18H24N4. The topological polar surface area (TPSA) is 41.1 Å². The zero-order chi connectivity index (χ0) is 15.4. The highest BCUT2D eigenvalue weighted by Gasteiger charge is 2.13. The highest BCUT2D eigenvalue weighted by atomic mass is 15.2. The normalized spacial score (nSPS) is 14.9. The predicted molar refractivity (Wildman–Crippen MR) is 91.3 cm³/mol. The van der Waals surface area contributed by atoms with Crippen LogP contribution in [0.3, 0.4) is 0 Å². The number of nitrogens with zero attached hydrogens (tertiary/aromatic N) is 3. The maximum absolute atomic E-state index is 4.60. The van der Waals surface area contributed by atoms with Crippen molar-refractivity contribution in [2.75, 3.05) is 23.3 Å². The zero-order valence-electron chi connectivity index (χ0n) is 13.5. The Morgan fingerprint density at radius 1 is 1.05 bits per heavy atom. The molecular weight excluding hydrogens is 272 g/mol. The Bertz CT molecular complexity index is 633. The minimum Gasteiger partial charge on any atom is -0.366 e. The van der Waals surface area contributed by atoms with E-state index in [2.05, 4.69) is 57.4 Å². The molecule has 0 bridgehead atoms. The SMILES string of the molecule is Cc1nc(NCc2ccccc2C)cc(N2CCCCC2)n1. The molecule has 0 radical (unpaired) electrons. The van der Waals surface area contributed by atoms with Gasteiger partial charge < -0.3 is 10.2 Å². The van der Waals surface area contributed by atoms with Crippen molar-refractivity contribution in [3.63, 3.8) is 0 Å². The second-order valence-corrected chi connectivity index (χ2v) is 5.99. The number of hydrogen-bond donors (Lipinski definition) is 1. The molecule has 4 heteroatoms. The molecule has 2 heterocycles. The number of benzene rings is 1. The maximum Gasteiger partial charge on any atom is 0.134 e. The fourth-order valence-electron chi connectivity index (χ4n) is 2.92. The van der Waals surface area contributed by atoms with Crippen molar-refractivity contribution >= 4 is 11.6 Å². The van der Waals surface area contributed by atoms with Crippen LogP contribution < -0.4 is 10.2 Å². The molecule has 3 rings (SSSR count). The van der Waals surface area contributed by atoms with Crippen molar-refractivity contribution in [3.05, 3.63) is 47.3 Å². The van der Waals surface area contributed by atoms with Gasteiger partial charge in [-0.1, -0.05) is 24.3 Å². The summed E-state index contributed by atoms with van der Waals surface area (Å²) >= 11 is 0. The van der Waals surface area contributed by atoms with Crippen molar-refractivity contribution in [1.82, 2.24) is 9.97 Å². The number of aryl methyl sites for hydroxylation is 2. The third-order valence-corrected chi connectivity index (χ3v) is 4.23. The summed E-state index contributed by atoms with van der Waals surface area (Å²) in [7, 11) is 0. The minimum atomic E-state index is 0.794. The summed E-state index contributed by atoms with van der Waals surface area (Å²) in [6.07, 6.45) is 3.85. The Labute approximate surface area is 132 Å². The van der Waals surface area contributed by atoms with Gasteiger partial charge in [0.15, 0.2) is 0 Å². The summed E-state index contributed by atoms with van der Waals surface area (Å²) in [5.41, 5.74) is 2.61. The summed E-state index contributed by atoms with van der Waals surface area (Å²) in [5, 5.41) is 3.44. The van der Waals surface area contributed by atoms with Gasteiger partial charge in [0.1, 0.15) is 17.5 Å². The highest BCUT2D eigenvalue weighted by Crippen LogP contribution is 2.21. The zero-order valence-corrected chi connectivity index (χ0v) is 13.5. The van der Waals surface area contributed by atoms with Gasteiger partial charge in [-0.25, -0.2) is 9.97 Å². The van der Waals surface area contributed by atoms with Crippen LogP contribution in [0.15, 0.2) is 30.3 Å². The molecule has 0 saturated carbocycles. The second-order valence-electron chi connectivity index (χ2n) is 5.99. The lowest BCUT2D eigenvalue weighted by atomic mass is 10.1. The Morgan fingerprint density at radius 2 is 1.82 bits per heavy atom. The lowest BCUT2D eigenvalue weighted by Gasteiger charge is -2.28. The van der Waals surface area contributed by atoms with Crippen LogP contribution in [-0.4, -0.2) is 23.1 Å². The number of nitrogens with one attached hydrogen (secondary N) is 1. The molecule has 0 aliphatic carbocycles. The average molecular weight is 296 g/mol.